The zero-order chi connectivity index (χ0) is 21.6. The molecule has 1 aliphatic heterocycles. The average molecular weight is 415 g/mol. The first-order chi connectivity index (χ1) is 15.2. The molecule has 0 saturated carbocycles. The predicted octanol–water partition coefficient (Wildman–Crippen LogP) is 6.59. The van der Waals surface area contributed by atoms with E-state index >= 15 is 0 Å². The summed E-state index contributed by atoms with van der Waals surface area (Å²) in [5.41, 5.74) is 4.73. The highest BCUT2D eigenvalue weighted by atomic mass is 16.5. The highest BCUT2D eigenvalue weighted by Gasteiger charge is 2.33. The third-order valence-corrected chi connectivity index (χ3v) is 5.76. The van der Waals surface area contributed by atoms with Crippen LogP contribution in [0.15, 0.2) is 72.8 Å². The van der Waals surface area contributed by atoms with Crippen molar-refractivity contribution in [2.45, 2.75) is 45.7 Å². The van der Waals surface area contributed by atoms with E-state index in [0.717, 1.165) is 42.1 Å². The lowest BCUT2D eigenvalue weighted by Gasteiger charge is -2.38. The van der Waals surface area contributed by atoms with E-state index in [2.05, 4.69) is 43.4 Å². The molecule has 4 nitrogen and oxygen atoms in total. The number of rotatable bonds is 8. The first kappa shape index (κ1) is 21.0. The van der Waals surface area contributed by atoms with Crippen LogP contribution in [-0.4, -0.2) is 12.5 Å². The Balaban J connectivity index is 1.64. The number of anilines is 2. The van der Waals surface area contributed by atoms with Crippen molar-refractivity contribution in [1.29, 1.82) is 0 Å². The Morgan fingerprint density at radius 3 is 2.35 bits per heavy atom. The number of carbonyl (C=O) groups excluding carboxylic acids is 1. The number of nitrogens with one attached hydrogen (secondary N) is 1. The zero-order valence-electron chi connectivity index (χ0n) is 18.3. The summed E-state index contributed by atoms with van der Waals surface area (Å²) in [7, 11) is 0. The molecule has 0 fully saturated rings. The van der Waals surface area contributed by atoms with Gasteiger partial charge in [0.1, 0.15) is 11.9 Å². The number of aryl methyl sites for hydroxylation is 1. The van der Waals surface area contributed by atoms with Gasteiger partial charge in [-0.25, -0.2) is 0 Å². The van der Waals surface area contributed by atoms with E-state index in [0.29, 0.717) is 5.56 Å². The van der Waals surface area contributed by atoms with Crippen LogP contribution in [0.1, 0.15) is 60.8 Å². The lowest BCUT2D eigenvalue weighted by Crippen LogP contribution is -2.43. The maximum Gasteiger partial charge on any atom is 0.262 e. The van der Waals surface area contributed by atoms with Crippen LogP contribution in [0.5, 0.6) is 5.75 Å². The molecular weight excluding hydrogens is 384 g/mol. The second-order valence-electron chi connectivity index (χ2n) is 7.91. The molecule has 31 heavy (non-hydrogen) atoms. The number of unbranched alkanes of at least 4 members (excludes halogenated alkanes) is 2. The molecule has 0 unspecified atom stereocenters. The molecule has 0 spiro atoms. The Morgan fingerprint density at radius 2 is 1.65 bits per heavy atom. The Labute approximate surface area is 184 Å². The van der Waals surface area contributed by atoms with Gasteiger partial charge in [-0.15, -0.1) is 0 Å². The lowest BCUT2D eigenvalue weighted by atomic mass is 10.0. The molecule has 4 rings (SSSR count). The molecule has 1 aliphatic rings. The van der Waals surface area contributed by atoms with Crippen LogP contribution in [0.2, 0.25) is 0 Å². The van der Waals surface area contributed by atoms with Crippen LogP contribution in [0.4, 0.5) is 11.4 Å². The molecule has 0 radical (unpaired) electrons. The highest BCUT2D eigenvalue weighted by Crippen LogP contribution is 2.37. The number of benzene rings is 3. The van der Waals surface area contributed by atoms with Gasteiger partial charge in [0.05, 0.1) is 12.2 Å². The molecule has 0 bridgehead atoms. The van der Waals surface area contributed by atoms with E-state index in [1.807, 2.05) is 53.4 Å². The van der Waals surface area contributed by atoms with Gasteiger partial charge < -0.3 is 10.1 Å². The average Bonchev–Trinajstić information content (AvgIpc) is 2.82. The van der Waals surface area contributed by atoms with Crippen LogP contribution in [-0.2, 0) is 6.42 Å². The van der Waals surface area contributed by atoms with Gasteiger partial charge in [0.15, 0.2) is 0 Å². The predicted molar refractivity (Wildman–Crippen MR) is 127 cm³/mol. The third-order valence-electron chi connectivity index (χ3n) is 5.76. The van der Waals surface area contributed by atoms with E-state index in [9.17, 15) is 4.79 Å². The van der Waals surface area contributed by atoms with E-state index in [1.54, 1.807) is 0 Å². The quantitative estimate of drug-likeness (QED) is 0.423. The zero-order valence-corrected chi connectivity index (χ0v) is 18.3. The summed E-state index contributed by atoms with van der Waals surface area (Å²) in [5, 5.41) is 3.57. The maximum atomic E-state index is 13.5. The number of nitrogens with zero attached hydrogens (tertiary/aromatic N) is 1. The highest BCUT2D eigenvalue weighted by molar-refractivity contribution is 6.12. The summed E-state index contributed by atoms with van der Waals surface area (Å²) in [6.07, 6.45) is 4.12. The normalized spacial score (nSPS) is 15.4. The molecule has 3 aromatic carbocycles. The minimum Gasteiger partial charge on any atom is -0.494 e. The third kappa shape index (κ3) is 4.58. The maximum absolute atomic E-state index is 13.5. The van der Waals surface area contributed by atoms with Crippen LogP contribution in [0.25, 0.3) is 0 Å². The number of para-hydroxylation sites is 1. The van der Waals surface area contributed by atoms with Crippen molar-refractivity contribution in [1.82, 2.24) is 0 Å². The first-order valence-electron chi connectivity index (χ1n) is 11.2. The van der Waals surface area contributed by atoms with Gasteiger partial charge in [0, 0.05) is 11.4 Å². The number of hydrogen-bond donors (Lipinski definition) is 1. The SMILES string of the molecule is CCCCCOc1ccc(N2C(=O)c3ccccc3N[C@H]2c2ccc(CC)cc2)cc1. The molecule has 4 heteroatoms. The Morgan fingerprint density at radius 1 is 0.903 bits per heavy atom. The van der Waals surface area contributed by atoms with Crippen LogP contribution in [0, 0.1) is 0 Å². The van der Waals surface area contributed by atoms with Gasteiger partial charge in [-0.3, -0.25) is 9.69 Å². The summed E-state index contributed by atoms with van der Waals surface area (Å²) in [6, 6.07) is 24.0. The standard InChI is InChI=1S/C27H30N2O2/c1-3-5-8-19-31-23-17-15-22(16-18-23)29-26(21-13-11-20(4-2)12-14-21)28-25-10-7-6-9-24(25)27(29)30/h6-7,9-18,26,28H,3-5,8,19H2,1-2H3/t26-/m1/s1. The van der Waals surface area contributed by atoms with Gasteiger partial charge in [0.25, 0.3) is 5.91 Å². The second-order valence-corrected chi connectivity index (χ2v) is 7.91. The molecule has 0 saturated heterocycles. The first-order valence-corrected chi connectivity index (χ1v) is 11.2. The molecule has 1 amide bonds. The van der Waals surface area contributed by atoms with Crippen molar-refractivity contribution >= 4 is 17.3 Å². The van der Waals surface area contributed by atoms with Gasteiger partial charge in [-0.05, 0) is 60.4 Å². The number of amides is 1. The molecule has 160 valence electrons. The van der Waals surface area contributed by atoms with Crippen LogP contribution >= 0.6 is 0 Å². The molecule has 1 atom stereocenters. The number of ether oxygens (including phenoxy) is 1. The largest absolute Gasteiger partial charge is 0.494 e. The van der Waals surface area contributed by atoms with Crippen molar-refractivity contribution in [2.24, 2.45) is 0 Å². The Bertz CT molecular complexity index is 1010. The van der Waals surface area contributed by atoms with Crippen molar-refractivity contribution in [3.05, 3.63) is 89.5 Å². The van der Waals surface area contributed by atoms with E-state index in [4.69, 9.17) is 4.74 Å². The molecule has 0 aromatic heterocycles. The van der Waals surface area contributed by atoms with Gasteiger partial charge in [-0.1, -0.05) is 63.1 Å². The van der Waals surface area contributed by atoms with E-state index < -0.39 is 0 Å². The monoisotopic (exact) mass is 414 g/mol. The summed E-state index contributed by atoms with van der Waals surface area (Å²) in [5.74, 6) is 0.831. The molecule has 0 aliphatic carbocycles. The Kier molecular flexibility index (Phi) is 6.56. The summed E-state index contributed by atoms with van der Waals surface area (Å²) < 4.78 is 5.85. The van der Waals surface area contributed by atoms with Crippen molar-refractivity contribution in [2.75, 3.05) is 16.8 Å². The lowest BCUT2D eigenvalue weighted by molar-refractivity contribution is 0.0975. The minimum absolute atomic E-state index is 0.00414. The van der Waals surface area contributed by atoms with Crippen LogP contribution < -0.4 is 15.0 Å². The molecule has 3 aromatic rings. The summed E-state index contributed by atoms with van der Waals surface area (Å²) >= 11 is 0. The van der Waals surface area contributed by atoms with Gasteiger partial charge >= 0.3 is 0 Å². The van der Waals surface area contributed by atoms with Crippen LogP contribution in [0.3, 0.4) is 0 Å². The van der Waals surface area contributed by atoms with Crippen molar-refractivity contribution < 1.29 is 9.53 Å². The van der Waals surface area contributed by atoms with Crippen molar-refractivity contribution in [3.63, 3.8) is 0 Å². The molecule has 1 N–H and O–H groups in total. The minimum atomic E-state index is -0.273. The fourth-order valence-corrected chi connectivity index (χ4v) is 3.93. The molecule has 1 heterocycles. The topological polar surface area (TPSA) is 41.6 Å². The summed E-state index contributed by atoms with van der Waals surface area (Å²) in [6.45, 7) is 5.05. The summed E-state index contributed by atoms with van der Waals surface area (Å²) in [4.78, 5) is 15.3. The molecular formula is C27H30N2O2. The second kappa shape index (κ2) is 9.69. The number of hydrogen-bond acceptors (Lipinski definition) is 3. The van der Waals surface area contributed by atoms with E-state index in [1.165, 1.54) is 18.4 Å². The fourth-order valence-electron chi connectivity index (χ4n) is 3.93. The van der Waals surface area contributed by atoms with Crippen molar-refractivity contribution in [3.8, 4) is 5.75 Å². The smallest absolute Gasteiger partial charge is 0.262 e. The number of carbonyl (C=O) groups is 1. The van der Waals surface area contributed by atoms with Gasteiger partial charge in [-0.2, -0.15) is 0 Å². The number of fused-ring (bicyclic) bond motifs is 1. The fraction of sp³-hybridized carbons (Fsp3) is 0.296. The Hall–Kier alpha value is -3.27. The van der Waals surface area contributed by atoms with E-state index in [-0.39, 0.29) is 12.1 Å². The van der Waals surface area contributed by atoms with Gasteiger partial charge in [0.2, 0.25) is 0 Å².